The van der Waals surface area contributed by atoms with Crippen LogP contribution in [0.15, 0.2) is 12.2 Å². The van der Waals surface area contributed by atoms with Crippen molar-refractivity contribution < 1.29 is 19.4 Å². The average Bonchev–Trinajstić information content (AvgIpc) is 2.73. The Balaban J connectivity index is 1.86. The molecule has 4 aliphatic carbocycles. The van der Waals surface area contributed by atoms with Crippen LogP contribution in [0.4, 0.5) is 0 Å². The molecule has 7 atom stereocenters. The SMILES string of the molecule is CC(=O)O[C@H]1C[C@@H]2[C@@](C)(CO)CCC[C@@]2(C)[C@@H]2CC[C@]3(C)C=C[C@]12C3=O. The third-order valence-electron chi connectivity index (χ3n) is 8.72. The fourth-order valence-corrected chi connectivity index (χ4v) is 7.41. The molecule has 144 valence electrons. The molecule has 2 bridgehead atoms. The molecule has 0 amide bonds. The van der Waals surface area contributed by atoms with Crippen LogP contribution in [0, 0.1) is 33.5 Å². The molecule has 3 saturated carbocycles. The number of rotatable bonds is 2. The molecule has 26 heavy (non-hydrogen) atoms. The molecule has 0 aromatic heterocycles. The average molecular weight is 360 g/mol. The molecule has 4 aliphatic rings. The second-order valence-corrected chi connectivity index (χ2v) is 10.2. The Hall–Kier alpha value is -1.16. The van der Waals surface area contributed by atoms with Crippen LogP contribution in [0.5, 0.6) is 0 Å². The molecule has 0 aliphatic heterocycles. The summed E-state index contributed by atoms with van der Waals surface area (Å²) in [5.41, 5.74) is -1.25. The maximum Gasteiger partial charge on any atom is 0.302 e. The number of carbonyl (C=O) groups excluding carboxylic acids is 2. The predicted octanol–water partition coefficient (Wildman–Crippen LogP) is 3.67. The Bertz CT molecular complexity index is 684. The lowest BCUT2D eigenvalue weighted by Gasteiger charge is -2.65. The highest BCUT2D eigenvalue weighted by Gasteiger charge is 2.71. The lowest BCUT2D eigenvalue weighted by Crippen LogP contribution is -2.66. The number of hydrogen-bond donors (Lipinski definition) is 1. The molecule has 0 heterocycles. The molecule has 1 spiro atoms. The minimum Gasteiger partial charge on any atom is -0.461 e. The molecule has 0 unspecified atom stereocenters. The normalized spacial score (nSPS) is 52.3. The van der Waals surface area contributed by atoms with Crippen molar-refractivity contribution in [2.75, 3.05) is 6.61 Å². The first-order valence-corrected chi connectivity index (χ1v) is 10.2. The van der Waals surface area contributed by atoms with Gasteiger partial charge in [0, 0.05) is 18.9 Å². The van der Waals surface area contributed by atoms with Gasteiger partial charge in [-0.05, 0) is 61.7 Å². The van der Waals surface area contributed by atoms with Crippen LogP contribution in [0.2, 0.25) is 0 Å². The topological polar surface area (TPSA) is 63.6 Å². The molecule has 0 aromatic carbocycles. The molecule has 4 rings (SSSR count). The first-order chi connectivity index (χ1) is 12.1. The van der Waals surface area contributed by atoms with Crippen molar-refractivity contribution in [1.29, 1.82) is 0 Å². The van der Waals surface area contributed by atoms with Crippen LogP contribution in [-0.2, 0) is 14.3 Å². The minimum atomic E-state index is -0.669. The Morgan fingerprint density at radius 2 is 1.92 bits per heavy atom. The summed E-state index contributed by atoms with van der Waals surface area (Å²) in [6, 6.07) is 0. The van der Waals surface area contributed by atoms with Crippen LogP contribution < -0.4 is 0 Å². The van der Waals surface area contributed by atoms with E-state index in [-0.39, 0.29) is 41.0 Å². The van der Waals surface area contributed by atoms with Gasteiger partial charge in [-0.3, -0.25) is 9.59 Å². The smallest absolute Gasteiger partial charge is 0.302 e. The first kappa shape index (κ1) is 18.2. The Labute approximate surface area is 156 Å². The van der Waals surface area contributed by atoms with Crippen LogP contribution in [0.3, 0.4) is 0 Å². The van der Waals surface area contributed by atoms with E-state index in [1.807, 2.05) is 6.92 Å². The van der Waals surface area contributed by atoms with Gasteiger partial charge in [0.05, 0.1) is 5.41 Å². The molecule has 0 aromatic rings. The lowest BCUT2D eigenvalue weighted by atomic mass is 9.39. The quantitative estimate of drug-likeness (QED) is 0.603. The molecule has 0 radical (unpaired) electrons. The molecule has 0 saturated heterocycles. The molecule has 3 fully saturated rings. The van der Waals surface area contributed by atoms with Crippen molar-refractivity contribution in [3.8, 4) is 0 Å². The van der Waals surface area contributed by atoms with Gasteiger partial charge in [0.1, 0.15) is 6.10 Å². The first-order valence-electron chi connectivity index (χ1n) is 10.2. The minimum absolute atomic E-state index is 0.00194. The summed E-state index contributed by atoms with van der Waals surface area (Å²) in [4.78, 5) is 25.5. The summed E-state index contributed by atoms with van der Waals surface area (Å²) in [7, 11) is 0. The van der Waals surface area contributed by atoms with Crippen molar-refractivity contribution in [3.63, 3.8) is 0 Å². The van der Waals surface area contributed by atoms with E-state index >= 15 is 0 Å². The van der Waals surface area contributed by atoms with Gasteiger partial charge in [0.25, 0.3) is 0 Å². The summed E-state index contributed by atoms with van der Waals surface area (Å²) in [5.74, 6) is 0.389. The van der Waals surface area contributed by atoms with E-state index in [4.69, 9.17) is 4.74 Å². The second kappa shape index (κ2) is 5.43. The van der Waals surface area contributed by atoms with Crippen molar-refractivity contribution in [1.82, 2.24) is 0 Å². The van der Waals surface area contributed by atoms with Crippen LogP contribution in [0.25, 0.3) is 0 Å². The zero-order valence-corrected chi connectivity index (χ0v) is 16.5. The number of Topliss-reactive ketones (excluding diaryl/α,β-unsaturated/α-hetero) is 1. The van der Waals surface area contributed by atoms with Crippen LogP contribution in [-0.4, -0.2) is 29.6 Å². The largest absolute Gasteiger partial charge is 0.461 e. The zero-order valence-electron chi connectivity index (χ0n) is 16.5. The summed E-state index contributed by atoms with van der Waals surface area (Å²) >= 11 is 0. The monoisotopic (exact) mass is 360 g/mol. The maximum absolute atomic E-state index is 13.6. The number of carbonyl (C=O) groups is 2. The standard InChI is InChI=1S/C22H32O4/c1-14(24)26-17-12-16-20(3,13-23)7-5-8-21(16,4)15-6-9-19(2)10-11-22(15,17)18(19)25/h10-11,15-17,23H,5-9,12-13H2,1-4H3/t15-,16+,17-,19+,20+,21-,22+/m0/s1. The van der Waals surface area contributed by atoms with Crippen molar-refractivity contribution in [3.05, 3.63) is 12.2 Å². The second-order valence-electron chi connectivity index (χ2n) is 10.2. The van der Waals surface area contributed by atoms with Crippen molar-refractivity contribution >= 4 is 11.8 Å². The number of aliphatic hydroxyl groups is 1. The lowest BCUT2D eigenvalue weighted by molar-refractivity contribution is -0.209. The highest BCUT2D eigenvalue weighted by molar-refractivity contribution is 5.98. The molecular formula is C22H32O4. The van der Waals surface area contributed by atoms with Gasteiger partial charge in [-0.15, -0.1) is 0 Å². The third-order valence-corrected chi connectivity index (χ3v) is 8.72. The number of aliphatic hydroxyl groups excluding tert-OH is 1. The maximum atomic E-state index is 13.6. The number of esters is 1. The van der Waals surface area contributed by atoms with E-state index in [0.717, 1.165) is 32.1 Å². The number of allylic oxidation sites excluding steroid dienone is 1. The molecule has 1 N–H and O–H groups in total. The molecule has 4 heteroatoms. The third kappa shape index (κ3) is 2.05. The molecule has 4 nitrogen and oxygen atoms in total. The van der Waals surface area contributed by atoms with Gasteiger partial charge < -0.3 is 9.84 Å². The predicted molar refractivity (Wildman–Crippen MR) is 98.2 cm³/mol. The number of fused-ring (bicyclic) bond motifs is 3. The van der Waals surface area contributed by atoms with E-state index < -0.39 is 16.9 Å². The Morgan fingerprint density at radius 1 is 1.19 bits per heavy atom. The fourth-order valence-electron chi connectivity index (χ4n) is 7.41. The number of ketones is 1. The van der Waals surface area contributed by atoms with E-state index in [2.05, 4.69) is 26.0 Å². The van der Waals surface area contributed by atoms with Crippen molar-refractivity contribution in [2.45, 2.75) is 72.3 Å². The number of hydrogen-bond acceptors (Lipinski definition) is 4. The Morgan fingerprint density at radius 3 is 2.58 bits per heavy atom. The highest BCUT2D eigenvalue weighted by Crippen LogP contribution is 2.70. The highest BCUT2D eigenvalue weighted by atomic mass is 16.5. The van der Waals surface area contributed by atoms with Crippen LogP contribution in [0.1, 0.15) is 66.2 Å². The van der Waals surface area contributed by atoms with Crippen molar-refractivity contribution in [2.24, 2.45) is 33.5 Å². The van der Waals surface area contributed by atoms with Crippen LogP contribution >= 0.6 is 0 Å². The van der Waals surface area contributed by atoms with Gasteiger partial charge in [-0.1, -0.05) is 32.4 Å². The summed E-state index contributed by atoms with van der Waals surface area (Å²) in [6.45, 7) is 8.15. The van der Waals surface area contributed by atoms with Gasteiger partial charge in [0.15, 0.2) is 5.78 Å². The summed E-state index contributed by atoms with van der Waals surface area (Å²) in [5, 5.41) is 10.2. The summed E-state index contributed by atoms with van der Waals surface area (Å²) in [6.07, 6.45) is 9.50. The Kier molecular flexibility index (Phi) is 3.81. The molecular weight excluding hydrogens is 328 g/mol. The van der Waals surface area contributed by atoms with Gasteiger partial charge in [0.2, 0.25) is 0 Å². The van der Waals surface area contributed by atoms with Gasteiger partial charge in [-0.25, -0.2) is 0 Å². The van der Waals surface area contributed by atoms with Gasteiger partial charge >= 0.3 is 5.97 Å². The van der Waals surface area contributed by atoms with E-state index in [1.54, 1.807) is 0 Å². The van der Waals surface area contributed by atoms with E-state index in [1.165, 1.54) is 6.92 Å². The number of ether oxygens (including phenoxy) is 1. The summed E-state index contributed by atoms with van der Waals surface area (Å²) < 4.78 is 5.84. The fraction of sp³-hybridized carbons (Fsp3) is 0.818. The van der Waals surface area contributed by atoms with Gasteiger partial charge in [-0.2, -0.15) is 0 Å². The zero-order chi connectivity index (χ0) is 19.0. The van der Waals surface area contributed by atoms with E-state index in [9.17, 15) is 14.7 Å². The van der Waals surface area contributed by atoms with E-state index in [0.29, 0.717) is 6.42 Å².